The van der Waals surface area contributed by atoms with Crippen LogP contribution >= 0.6 is 0 Å². The van der Waals surface area contributed by atoms with Crippen molar-refractivity contribution in [3.05, 3.63) is 46.9 Å². The lowest BCUT2D eigenvalue weighted by Crippen LogP contribution is -2.49. The molecule has 0 saturated carbocycles. The van der Waals surface area contributed by atoms with Crippen LogP contribution in [0.15, 0.2) is 24.5 Å². The third-order valence-electron chi connectivity index (χ3n) is 9.98. The zero-order valence-corrected chi connectivity index (χ0v) is 25.2. The number of carbonyl (C=O) groups is 1. The van der Waals surface area contributed by atoms with Gasteiger partial charge in [-0.05, 0) is 80.9 Å². The van der Waals surface area contributed by atoms with Gasteiger partial charge in [0.25, 0.3) is 6.43 Å². The number of hydrogen-bond acceptors (Lipinski definition) is 6. The molecule has 0 spiro atoms. The zero-order chi connectivity index (χ0) is 29.7. The molecule has 0 aliphatic carbocycles. The van der Waals surface area contributed by atoms with Crippen LogP contribution in [0, 0.1) is 5.92 Å². The number of amides is 1. The largest absolute Gasteiger partial charge is 0.338 e. The number of fused-ring (bicyclic) bond motifs is 2. The Balaban J connectivity index is 1.20. The highest BCUT2D eigenvalue weighted by atomic mass is 19.3. The molecule has 0 radical (unpaired) electrons. The number of piperidine rings is 1. The minimum absolute atomic E-state index is 0.0145. The van der Waals surface area contributed by atoms with E-state index in [2.05, 4.69) is 24.9 Å². The van der Waals surface area contributed by atoms with E-state index in [1.165, 1.54) is 25.0 Å². The van der Waals surface area contributed by atoms with Gasteiger partial charge in [-0.1, -0.05) is 0 Å². The number of alkyl halides is 2. The Hall–Kier alpha value is -3.31. The number of likely N-dealkylation sites (tertiary alicyclic amines) is 1. The quantitative estimate of drug-likeness (QED) is 0.437. The molecule has 4 aliphatic rings. The molecular weight excluding hydrogens is 550 g/mol. The Morgan fingerprint density at radius 3 is 2.67 bits per heavy atom. The normalized spacial score (nSPS) is 19.9. The molecule has 2 saturated heterocycles. The van der Waals surface area contributed by atoms with Gasteiger partial charge in [0.1, 0.15) is 0 Å². The molecule has 1 amide bonds. The number of aryl methyl sites for hydroxylation is 2. The molecular formula is C32H42F2N8O. The smallest absolute Gasteiger partial charge is 0.264 e. The van der Waals surface area contributed by atoms with Crippen LogP contribution in [-0.2, 0) is 31.2 Å². The summed E-state index contributed by atoms with van der Waals surface area (Å²) in [6.07, 6.45) is 7.10. The maximum atomic E-state index is 14.5. The van der Waals surface area contributed by atoms with Crippen molar-refractivity contribution in [3.63, 3.8) is 0 Å². The summed E-state index contributed by atoms with van der Waals surface area (Å²) in [5.74, 6) is 1.69. The second kappa shape index (κ2) is 11.6. The average molecular weight is 593 g/mol. The monoisotopic (exact) mass is 592 g/mol. The molecule has 3 aromatic rings. The Morgan fingerprint density at radius 2 is 1.95 bits per heavy atom. The first-order valence-corrected chi connectivity index (χ1v) is 15.9. The van der Waals surface area contributed by atoms with E-state index in [0.29, 0.717) is 36.8 Å². The molecule has 4 aliphatic heterocycles. The summed E-state index contributed by atoms with van der Waals surface area (Å²) in [6.45, 7) is 8.88. The number of anilines is 2. The van der Waals surface area contributed by atoms with E-state index in [0.717, 1.165) is 80.5 Å². The minimum Gasteiger partial charge on any atom is -0.338 e. The van der Waals surface area contributed by atoms with Gasteiger partial charge in [0.2, 0.25) is 5.91 Å². The van der Waals surface area contributed by atoms with Gasteiger partial charge in [0, 0.05) is 80.8 Å². The fourth-order valence-electron chi connectivity index (χ4n) is 7.49. The fourth-order valence-corrected chi connectivity index (χ4v) is 7.49. The van der Waals surface area contributed by atoms with Crippen LogP contribution in [0.3, 0.4) is 0 Å². The van der Waals surface area contributed by atoms with Crippen molar-refractivity contribution in [2.45, 2.75) is 64.5 Å². The highest BCUT2D eigenvalue weighted by molar-refractivity contribution is 5.78. The topological polar surface area (TPSA) is 74.5 Å². The van der Waals surface area contributed by atoms with Crippen LogP contribution in [0.25, 0.3) is 11.1 Å². The van der Waals surface area contributed by atoms with Crippen LogP contribution in [0.2, 0.25) is 0 Å². The summed E-state index contributed by atoms with van der Waals surface area (Å²) < 4.78 is 32.9. The summed E-state index contributed by atoms with van der Waals surface area (Å²) in [7, 11) is 1.80. The first kappa shape index (κ1) is 28.5. The Kier molecular flexibility index (Phi) is 7.71. The Labute approximate surface area is 251 Å². The Bertz CT molecular complexity index is 1490. The molecule has 0 unspecified atom stereocenters. The van der Waals surface area contributed by atoms with Crippen LogP contribution in [0.1, 0.15) is 67.5 Å². The van der Waals surface area contributed by atoms with E-state index >= 15 is 0 Å². The maximum Gasteiger partial charge on any atom is 0.264 e. The highest BCUT2D eigenvalue weighted by Crippen LogP contribution is 2.43. The number of halogens is 2. The summed E-state index contributed by atoms with van der Waals surface area (Å²) >= 11 is 0. The lowest BCUT2D eigenvalue weighted by molar-refractivity contribution is -0.129. The van der Waals surface area contributed by atoms with E-state index in [-0.39, 0.29) is 11.5 Å². The number of benzene rings is 1. The van der Waals surface area contributed by atoms with Gasteiger partial charge < -0.3 is 15.1 Å². The lowest BCUT2D eigenvalue weighted by atomic mass is 9.92. The van der Waals surface area contributed by atoms with E-state index in [1.54, 1.807) is 37.1 Å². The van der Waals surface area contributed by atoms with E-state index in [1.807, 2.05) is 11.0 Å². The maximum absolute atomic E-state index is 14.5. The van der Waals surface area contributed by atoms with Crippen LogP contribution < -0.4 is 10.2 Å². The SMILES string of the molecule is CC(=O)N1CCc2c(c(N3CCCc4cc(-c5cnn(C)c5)c(C(F)F)cc43)nn2C2CN(CCC3CCNCC3)C2)C1. The number of nitrogens with one attached hydrogen (secondary N) is 1. The van der Waals surface area contributed by atoms with Gasteiger partial charge in [-0.25, -0.2) is 8.78 Å². The molecule has 230 valence electrons. The number of hydrogen-bond donors (Lipinski definition) is 1. The van der Waals surface area contributed by atoms with Crippen LogP contribution in [0.4, 0.5) is 20.3 Å². The molecule has 2 aromatic heterocycles. The molecule has 0 atom stereocenters. The Morgan fingerprint density at radius 1 is 1.14 bits per heavy atom. The van der Waals surface area contributed by atoms with Gasteiger partial charge in [-0.3, -0.25) is 19.1 Å². The average Bonchev–Trinajstić information content (AvgIpc) is 3.59. The third-order valence-corrected chi connectivity index (χ3v) is 9.98. The van der Waals surface area contributed by atoms with E-state index in [4.69, 9.17) is 5.10 Å². The molecule has 6 heterocycles. The molecule has 7 rings (SSSR count). The van der Waals surface area contributed by atoms with Crippen molar-refractivity contribution in [1.82, 2.24) is 34.7 Å². The van der Waals surface area contributed by atoms with Crippen LogP contribution in [0.5, 0.6) is 0 Å². The molecule has 43 heavy (non-hydrogen) atoms. The molecule has 9 nitrogen and oxygen atoms in total. The highest BCUT2D eigenvalue weighted by Gasteiger charge is 2.37. The second-order valence-corrected chi connectivity index (χ2v) is 12.8. The van der Waals surface area contributed by atoms with Gasteiger partial charge in [-0.15, -0.1) is 0 Å². The van der Waals surface area contributed by atoms with Crippen molar-refractivity contribution < 1.29 is 13.6 Å². The fraction of sp³-hybridized carbons (Fsp3) is 0.594. The standard InChI is InChI=1S/C32H42F2N8O/c1-21(43)40-13-8-29-28(20-40)32(37-42(29)25-18-39(19-25)12-7-22-5-9-35-10-6-22)41-11-3-4-23-14-26(24-16-36-38(2)17-24)27(31(33)34)15-30(23)41/h14-17,22,25,31,35H,3-13,18-20H2,1-2H3. The van der Waals surface area contributed by atoms with Crippen LogP contribution in [-0.4, -0.2) is 81.1 Å². The number of aromatic nitrogens is 4. The number of carbonyl (C=O) groups excluding carboxylic acids is 1. The summed E-state index contributed by atoms with van der Waals surface area (Å²) in [5, 5.41) is 12.9. The lowest BCUT2D eigenvalue weighted by Gasteiger charge is -2.41. The van der Waals surface area contributed by atoms with Crippen molar-refractivity contribution in [3.8, 4) is 11.1 Å². The number of rotatable bonds is 7. The van der Waals surface area contributed by atoms with Gasteiger partial charge in [0.05, 0.1) is 18.8 Å². The zero-order valence-electron chi connectivity index (χ0n) is 25.2. The predicted molar refractivity (Wildman–Crippen MR) is 162 cm³/mol. The van der Waals surface area contributed by atoms with Crippen molar-refractivity contribution in [2.75, 3.05) is 50.7 Å². The molecule has 1 aromatic carbocycles. The predicted octanol–water partition coefficient (Wildman–Crippen LogP) is 4.46. The summed E-state index contributed by atoms with van der Waals surface area (Å²) in [5.41, 5.74) is 5.37. The van der Waals surface area contributed by atoms with Gasteiger partial charge in [0.15, 0.2) is 5.82 Å². The molecule has 11 heteroatoms. The van der Waals surface area contributed by atoms with Gasteiger partial charge in [-0.2, -0.15) is 10.2 Å². The second-order valence-electron chi connectivity index (χ2n) is 12.8. The van der Waals surface area contributed by atoms with Crippen molar-refractivity contribution in [1.29, 1.82) is 0 Å². The first-order valence-electron chi connectivity index (χ1n) is 15.9. The van der Waals surface area contributed by atoms with E-state index in [9.17, 15) is 13.6 Å². The molecule has 2 fully saturated rings. The van der Waals surface area contributed by atoms with Gasteiger partial charge >= 0.3 is 0 Å². The van der Waals surface area contributed by atoms with Crippen molar-refractivity contribution in [2.24, 2.45) is 13.0 Å². The first-order chi connectivity index (χ1) is 20.9. The third kappa shape index (κ3) is 5.46. The minimum atomic E-state index is -2.62. The molecule has 1 N–H and O–H groups in total. The van der Waals surface area contributed by atoms with E-state index < -0.39 is 6.43 Å². The summed E-state index contributed by atoms with van der Waals surface area (Å²) in [6, 6.07) is 3.90. The van der Waals surface area contributed by atoms with Crippen molar-refractivity contribution >= 4 is 17.4 Å². The molecule has 0 bridgehead atoms. The number of nitrogens with zero attached hydrogens (tertiary/aromatic N) is 7. The summed E-state index contributed by atoms with van der Waals surface area (Å²) in [4.78, 5) is 19.0.